The molecule has 2 saturated carbocycles. The summed E-state index contributed by atoms with van der Waals surface area (Å²) in [5.74, 6) is 0.0167. The molecule has 17 heavy (non-hydrogen) atoms. The maximum atomic E-state index is 12.2. The molecule has 2 aliphatic carbocycles. The van der Waals surface area contributed by atoms with E-state index in [1.165, 1.54) is 32.1 Å². The molecule has 1 heterocycles. The number of carbonyl (C=O) groups is 1. The van der Waals surface area contributed by atoms with Gasteiger partial charge in [0.1, 0.15) is 5.54 Å². The van der Waals surface area contributed by atoms with E-state index in [0.29, 0.717) is 12.6 Å². The number of ether oxygens (including phenoxy) is 1. The third-order valence-electron chi connectivity index (χ3n) is 5.07. The van der Waals surface area contributed by atoms with Crippen LogP contribution in [0.1, 0.15) is 58.3 Å². The van der Waals surface area contributed by atoms with Crippen molar-refractivity contribution in [1.82, 2.24) is 5.32 Å². The second kappa shape index (κ2) is 3.98. The standard InChI is InChI=1S/C14H23NO2/c1-13-8-5-9-17-12(16)14(13,10-13)15-11-6-3-2-4-7-11/h11,15H,2-10H2,1H3/t13-,14+/m0/s1. The number of nitrogens with one attached hydrogen (secondary N) is 1. The molecule has 0 radical (unpaired) electrons. The highest BCUT2D eigenvalue weighted by Gasteiger charge is 2.70. The first kappa shape index (κ1) is 11.5. The zero-order valence-electron chi connectivity index (χ0n) is 10.8. The Labute approximate surface area is 103 Å². The fourth-order valence-electron chi connectivity index (χ4n) is 3.79. The molecule has 0 unspecified atom stereocenters. The summed E-state index contributed by atoms with van der Waals surface area (Å²) in [6.07, 6.45) is 9.55. The van der Waals surface area contributed by atoms with Crippen LogP contribution < -0.4 is 5.32 Å². The van der Waals surface area contributed by atoms with Gasteiger partial charge in [-0.3, -0.25) is 10.1 Å². The van der Waals surface area contributed by atoms with Crippen molar-refractivity contribution in [3.8, 4) is 0 Å². The number of esters is 1. The molecule has 3 rings (SSSR count). The molecule has 1 saturated heterocycles. The number of fused-ring (bicyclic) bond motifs is 1. The molecule has 0 aromatic carbocycles. The minimum absolute atomic E-state index is 0.0167. The Morgan fingerprint density at radius 1 is 1.24 bits per heavy atom. The van der Waals surface area contributed by atoms with Crippen LogP contribution in [0.15, 0.2) is 0 Å². The number of hydrogen-bond acceptors (Lipinski definition) is 3. The molecule has 3 heteroatoms. The molecule has 3 nitrogen and oxygen atoms in total. The van der Waals surface area contributed by atoms with E-state index in [1.807, 2.05) is 0 Å². The van der Waals surface area contributed by atoms with Crippen LogP contribution in [0.2, 0.25) is 0 Å². The van der Waals surface area contributed by atoms with Crippen LogP contribution in [-0.2, 0) is 9.53 Å². The predicted molar refractivity (Wildman–Crippen MR) is 65.7 cm³/mol. The summed E-state index contributed by atoms with van der Waals surface area (Å²) in [5.41, 5.74) is -0.163. The number of hydrogen-bond donors (Lipinski definition) is 1. The van der Waals surface area contributed by atoms with Crippen LogP contribution in [0.3, 0.4) is 0 Å². The SMILES string of the molecule is C[C@@]12CCCOC(=O)[C@]1(NC1CCCCC1)C2. The van der Waals surface area contributed by atoms with E-state index in [0.717, 1.165) is 19.3 Å². The molecule has 0 aromatic rings. The van der Waals surface area contributed by atoms with Gasteiger partial charge in [0.05, 0.1) is 6.61 Å². The van der Waals surface area contributed by atoms with Crippen molar-refractivity contribution in [3.63, 3.8) is 0 Å². The zero-order chi connectivity index (χ0) is 11.9. The lowest BCUT2D eigenvalue weighted by molar-refractivity contribution is -0.147. The first-order valence-electron chi connectivity index (χ1n) is 7.11. The molecule has 2 atom stereocenters. The Balaban J connectivity index is 1.73. The second-order valence-corrected chi connectivity index (χ2v) is 6.36. The average Bonchev–Trinajstić information content (AvgIpc) is 2.93. The molecule has 1 aliphatic heterocycles. The highest BCUT2D eigenvalue weighted by atomic mass is 16.5. The second-order valence-electron chi connectivity index (χ2n) is 6.36. The summed E-state index contributed by atoms with van der Waals surface area (Å²) in [6.45, 7) is 2.86. The lowest BCUT2D eigenvalue weighted by Crippen LogP contribution is -2.49. The van der Waals surface area contributed by atoms with Gasteiger partial charge in [0.25, 0.3) is 0 Å². The Morgan fingerprint density at radius 2 is 2.00 bits per heavy atom. The first-order chi connectivity index (χ1) is 8.16. The summed E-state index contributed by atoms with van der Waals surface area (Å²) in [4.78, 5) is 12.2. The monoisotopic (exact) mass is 237 g/mol. The van der Waals surface area contributed by atoms with Gasteiger partial charge in [0, 0.05) is 6.04 Å². The van der Waals surface area contributed by atoms with Crippen LogP contribution >= 0.6 is 0 Å². The van der Waals surface area contributed by atoms with E-state index in [2.05, 4.69) is 12.2 Å². The Bertz CT molecular complexity index is 324. The first-order valence-corrected chi connectivity index (χ1v) is 7.11. The van der Waals surface area contributed by atoms with Crippen molar-refractivity contribution < 1.29 is 9.53 Å². The minimum Gasteiger partial charge on any atom is -0.464 e. The van der Waals surface area contributed by atoms with Crippen LogP contribution in [-0.4, -0.2) is 24.2 Å². The third-order valence-corrected chi connectivity index (χ3v) is 5.07. The van der Waals surface area contributed by atoms with Crippen LogP contribution in [0.25, 0.3) is 0 Å². The molecular formula is C14H23NO2. The maximum absolute atomic E-state index is 12.2. The minimum atomic E-state index is -0.328. The van der Waals surface area contributed by atoms with Gasteiger partial charge in [-0.05, 0) is 37.5 Å². The molecular weight excluding hydrogens is 214 g/mol. The van der Waals surface area contributed by atoms with Gasteiger partial charge >= 0.3 is 5.97 Å². The van der Waals surface area contributed by atoms with Gasteiger partial charge in [-0.25, -0.2) is 0 Å². The molecule has 96 valence electrons. The molecule has 0 spiro atoms. The van der Waals surface area contributed by atoms with Crippen molar-refractivity contribution in [2.75, 3.05) is 6.61 Å². The molecule has 0 amide bonds. The fourth-order valence-corrected chi connectivity index (χ4v) is 3.79. The van der Waals surface area contributed by atoms with Crippen molar-refractivity contribution in [3.05, 3.63) is 0 Å². The van der Waals surface area contributed by atoms with E-state index in [4.69, 9.17) is 4.74 Å². The Hall–Kier alpha value is -0.570. The molecule has 3 fully saturated rings. The van der Waals surface area contributed by atoms with E-state index in [9.17, 15) is 4.79 Å². The summed E-state index contributed by atoms with van der Waals surface area (Å²) in [5, 5.41) is 3.66. The highest BCUT2D eigenvalue weighted by molar-refractivity contribution is 5.87. The highest BCUT2D eigenvalue weighted by Crippen LogP contribution is 2.61. The van der Waals surface area contributed by atoms with Gasteiger partial charge in [-0.1, -0.05) is 26.2 Å². The van der Waals surface area contributed by atoms with Crippen LogP contribution in [0.5, 0.6) is 0 Å². The molecule has 0 aromatic heterocycles. The Morgan fingerprint density at radius 3 is 2.76 bits per heavy atom. The van der Waals surface area contributed by atoms with Gasteiger partial charge in [0.2, 0.25) is 0 Å². The normalized spacial score (nSPS) is 42.5. The fraction of sp³-hybridized carbons (Fsp3) is 0.929. The number of cyclic esters (lactones) is 1. The van der Waals surface area contributed by atoms with E-state index in [-0.39, 0.29) is 16.9 Å². The lowest BCUT2D eigenvalue weighted by atomic mass is 9.92. The van der Waals surface area contributed by atoms with Crippen LogP contribution in [0.4, 0.5) is 0 Å². The molecule has 0 bridgehead atoms. The Kier molecular flexibility index (Phi) is 2.69. The van der Waals surface area contributed by atoms with Crippen molar-refractivity contribution >= 4 is 5.97 Å². The van der Waals surface area contributed by atoms with E-state index < -0.39 is 0 Å². The van der Waals surface area contributed by atoms with Gasteiger partial charge < -0.3 is 4.74 Å². The topological polar surface area (TPSA) is 38.3 Å². The van der Waals surface area contributed by atoms with Gasteiger partial charge in [-0.15, -0.1) is 0 Å². The third kappa shape index (κ3) is 1.79. The van der Waals surface area contributed by atoms with Crippen molar-refractivity contribution in [2.24, 2.45) is 5.41 Å². The summed E-state index contributed by atoms with van der Waals surface area (Å²) in [6, 6.07) is 0.538. The average molecular weight is 237 g/mol. The maximum Gasteiger partial charge on any atom is 0.326 e. The van der Waals surface area contributed by atoms with E-state index in [1.54, 1.807) is 0 Å². The summed E-state index contributed by atoms with van der Waals surface area (Å²) < 4.78 is 5.37. The van der Waals surface area contributed by atoms with Gasteiger partial charge in [-0.2, -0.15) is 0 Å². The van der Waals surface area contributed by atoms with Crippen molar-refractivity contribution in [1.29, 1.82) is 0 Å². The van der Waals surface area contributed by atoms with E-state index >= 15 is 0 Å². The summed E-state index contributed by atoms with van der Waals surface area (Å²) in [7, 11) is 0. The number of carbonyl (C=O) groups excluding carboxylic acids is 1. The van der Waals surface area contributed by atoms with Gasteiger partial charge in [0.15, 0.2) is 0 Å². The molecule has 1 N–H and O–H groups in total. The summed E-state index contributed by atoms with van der Waals surface area (Å²) >= 11 is 0. The predicted octanol–water partition coefficient (Wildman–Crippen LogP) is 2.39. The lowest BCUT2D eigenvalue weighted by Gasteiger charge is -2.29. The largest absolute Gasteiger partial charge is 0.464 e. The molecule has 3 aliphatic rings. The zero-order valence-corrected chi connectivity index (χ0v) is 10.8. The number of rotatable bonds is 2. The quantitative estimate of drug-likeness (QED) is 0.749. The van der Waals surface area contributed by atoms with Crippen molar-refractivity contribution in [2.45, 2.75) is 69.9 Å². The smallest absolute Gasteiger partial charge is 0.326 e. The van der Waals surface area contributed by atoms with Crippen LogP contribution in [0, 0.1) is 5.41 Å².